The molecule has 0 atom stereocenters. The van der Waals surface area contributed by atoms with E-state index in [1.165, 1.54) is 18.2 Å². The van der Waals surface area contributed by atoms with E-state index in [4.69, 9.17) is 9.88 Å². The Hall–Kier alpha value is -1.27. The highest BCUT2D eigenvalue weighted by Crippen LogP contribution is 2.29. The highest BCUT2D eigenvalue weighted by Gasteiger charge is 2.20. The highest BCUT2D eigenvalue weighted by atomic mass is 32.2. The molecule has 90 valence electrons. The number of hydrogen-bond acceptors (Lipinski definition) is 4. The lowest BCUT2D eigenvalue weighted by Gasteiger charge is -2.22. The van der Waals surface area contributed by atoms with Crippen LogP contribution in [0.5, 0.6) is 11.5 Å². The van der Waals surface area contributed by atoms with Crippen LogP contribution in [0.3, 0.4) is 0 Å². The van der Waals surface area contributed by atoms with Crippen LogP contribution in [0.1, 0.15) is 20.8 Å². The van der Waals surface area contributed by atoms with E-state index >= 15 is 0 Å². The molecule has 0 saturated carbocycles. The molecule has 1 rings (SSSR count). The van der Waals surface area contributed by atoms with Gasteiger partial charge in [-0.25, -0.2) is 13.6 Å². The number of nitrogens with two attached hydrogens (primary N) is 1. The maximum absolute atomic E-state index is 11.3. The summed E-state index contributed by atoms with van der Waals surface area (Å²) in [5.41, 5.74) is -0.576. The van der Waals surface area contributed by atoms with Crippen molar-refractivity contribution < 1.29 is 18.3 Å². The monoisotopic (exact) mass is 245 g/mol. The van der Waals surface area contributed by atoms with Crippen molar-refractivity contribution in [3.05, 3.63) is 18.2 Å². The van der Waals surface area contributed by atoms with Gasteiger partial charge in [0.1, 0.15) is 22.0 Å². The summed E-state index contributed by atoms with van der Waals surface area (Å²) < 4.78 is 28.0. The van der Waals surface area contributed by atoms with Gasteiger partial charge in [-0.2, -0.15) is 0 Å². The molecule has 0 bridgehead atoms. The van der Waals surface area contributed by atoms with Gasteiger partial charge in [0.15, 0.2) is 0 Å². The van der Waals surface area contributed by atoms with Gasteiger partial charge in [0.25, 0.3) is 0 Å². The van der Waals surface area contributed by atoms with Crippen molar-refractivity contribution >= 4 is 10.0 Å². The smallest absolute Gasteiger partial charge is 0.241 e. The molecule has 6 heteroatoms. The zero-order valence-electron chi connectivity index (χ0n) is 9.39. The molecule has 0 unspecified atom stereocenters. The van der Waals surface area contributed by atoms with Crippen molar-refractivity contribution in [2.24, 2.45) is 5.14 Å². The summed E-state index contributed by atoms with van der Waals surface area (Å²) in [5.74, 6) is -0.0262. The number of benzene rings is 1. The minimum atomic E-state index is -3.86. The van der Waals surface area contributed by atoms with Crippen LogP contribution in [0.15, 0.2) is 23.1 Å². The summed E-state index contributed by atoms with van der Waals surface area (Å²) in [6.07, 6.45) is 0. The number of phenolic OH excluding ortho intramolecular Hbond substituents is 1. The molecule has 3 N–H and O–H groups in total. The van der Waals surface area contributed by atoms with Gasteiger partial charge in [-0.15, -0.1) is 0 Å². The molecular formula is C10H15NO4S. The highest BCUT2D eigenvalue weighted by molar-refractivity contribution is 7.89. The number of ether oxygens (including phenoxy) is 1. The van der Waals surface area contributed by atoms with Crippen molar-refractivity contribution in [3.8, 4) is 11.5 Å². The Morgan fingerprint density at radius 3 is 2.31 bits per heavy atom. The zero-order valence-corrected chi connectivity index (χ0v) is 10.2. The van der Waals surface area contributed by atoms with Gasteiger partial charge in [-0.3, -0.25) is 0 Å². The number of hydrogen-bond donors (Lipinski definition) is 2. The first kappa shape index (κ1) is 12.8. The third-order valence-electron chi connectivity index (χ3n) is 1.65. The van der Waals surface area contributed by atoms with Crippen molar-refractivity contribution in [2.75, 3.05) is 0 Å². The van der Waals surface area contributed by atoms with Gasteiger partial charge in [0, 0.05) is 6.07 Å². The Bertz CT molecular complexity index is 488. The molecule has 0 aliphatic heterocycles. The van der Waals surface area contributed by atoms with Crippen LogP contribution in [0, 0.1) is 0 Å². The van der Waals surface area contributed by atoms with Crippen LogP contribution in [-0.2, 0) is 10.0 Å². The number of rotatable bonds is 2. The van der Waals surface area contributed by atoms with Crippen LogP contribution in [0.25, 0.3) is 0 Å². The zero-order chi connectivity index (χ0) is 12.6. The lowest BCUT2D eigenvalue weighted by molar-refractivity contribution is 0.126. The fourth-order valence-electron chi connectivity index (χ4n) is 1.14. The minimum absolute atomic E-state index is 0.0509. The van der Waals surface area contributed by atoms with E-state index in [1.807, 2.05) is 0 Å². The van der Waals surface area contributed by atoms with E-state index < -0.39 is 15.6 Å². The third kappa shape index (κ3) is 3.39. The molecule has 0 amide bonds. The molecule has 0 spiro atoms. The predicted molar refractivity (Wildman–Crippen MR) is 59.9 cm³/mol. The van der Waals surface area contributed by atoms with Gasteiger partial charge in [0.05, 0.1) is 0 Å². The van der Waals surface area contributed by atoms with Gasteiger partial charge in [0.2, 0.25) is 10.0 Å². The lowest BCUT2D eigenvalue weighted by Crippen LogP contribution is -2.25. The topological polar surface area (TPSA) is 89.6 Å². The van der Waals surface area contributed by atoms with Crippen molar-refractivity contribution in [1.82, 2.24) is 0 Å². The molecule has 1 aromatic rings. The number of primary sulfonamides is 1. The summed E-state index contributed by atoms with van der Waals surface area (Å²) in [6.45, 7) is 5.30. The molecule has 16 heavy (non-hydrogen) atoms. The van der Waals surface area contributed by atoms with Gasteiger partial charge in [-0.05, 0) is 32.9 Å². The van der Waals surface area contributed by atoms with Gasteiger partial charge >= 0.3 is 0 Å². The van der Waals surface area contributed by atoms with Crippen LogP contribution in [0.4, 0.5) is 0 Å². The minimum Gasteiger partial charge on any atom is -0.508 e. The van der Waals surface area contributed by atoms with E-state index in [2.05, 4.69) is 0 Å². The van der Waals surface area contributed by atoms with Crippen molar-refractivity contribution in [3.63, 3.8) is 0 Å². The predicted octanol–water partition coefficient (Wildman–Crippen LogP) is 1.22. The first-order valence-corrected chi connectivity index (χ1v) is 6.19. The average Bonchev–Trinajstić information content (AvgIpc) is 1.97. The molecule has 0 heterocycles. The van der Waals surface area contributed by atoms with Crippen LogP contribution < -0.4 is 9.88 Å². The number of sulfonamides is 1. The Labute approximate surface area is 94.9 Å². The number of phenols is 1. The lowest BCUT2D eigenvalue weighted by atomic mass is 10.2. The second kappa shape index (κ2) is 3.95. The molecule has 5 nitrogen and oxygen atoms in total. The summed E-state index contributed by atoms with van der Waals surface area (Å²) >= 11 is 0. The molecule has 1 aromatic carbocycles. The average molecular weight is 245 g/mol. The molecule has 0 fully saturated rings. The summed E-state index contributed by atoms with van der Waals surface area (Å²) in [4.78, 5) is -0.139. The Morgan fingerprint density at radius 2 is 1.88 bits per heavy atom. The third-order valence-corrected chi connectivity index (χ3v) is 2.60. The first-order valence-electron chi connectivity index (χ1n) is 4.64. The maximum Gasteiger partial charge on any atom is 0.241 e. The SMILES string of the molecule is CC(C)(C)Oc1cc(O)ccc1S(N)(=O)=O. The molecule has 0 aliphatic rings. The van der Waals surface area contributed by atoms with E-state index in [0.29, 0.717) is 0 Å². The standard InChI is InChI=1S/C10H15NO4S/c1-10(2,3)15-8-6-7(12)4-5-9(8)16(11,13)14/h4-6,12H,1-3H3,(H2,11,13,14). The maximum atomic E-state index is 11.3. The number of aromatic hydroxyl groups is 1. The van der Waals surface area contributed by atoms with Crippen molar-refractivity contribution in [1.29, 1.82) is 0 Å². The van der Waals surface area contributed by atoms with Crippen molar-refractivity contribution in [2.45, 2.75) is 31.3 Å². The van der Waals surface area contributed by atoms with E-state index in [0.717, 1.165) is 0 Å². The van der Waals surface area contributed by atoms with E-state index in [9.17, 15) is 13.5 Å². The summed E-state index contributed by atoms with van der Waals surface area (Å²) in [5, 5.41) is 14.3. The Morgan fingerprint density at radius 1 is 1.31 bits per heavy atom. The molecule has 0 saturated heterocycles. The van der Waals surface area contributed by atoms with E-state index in [1.54, 1.807) is 20.8 Å². The van der Waals surface area contributed by atoms with Crippen LogP contribution in [0.2, 0.25) is 0 Å². The Balaban J connectivity index is 3.30. The molecular weight excluding hydrogens is 230 g/mol. The van der Waals surface area contributed by atoms with Gasteiger partial charge in [-0.1, -0.05) is 0 Å². The van der Waals surface area contributed by atoms with Crippen LogP contribution in [-0.4, -0.2) is 19.1 Å². The van der Waals surface area contributed by atoms with Gasteiger partial charge < -0.3 is 9.84 Å². The molecule has 0 aromatic heterocycles. The first-order chi connectivity index (χ1) is 7.09. The molecule has 0 aliphatic carbocycles. The fourth-order valence-corrected chi connectivity index (χ4v) is 1.78. The molecule has 0 radical (unpaired) electrons. The second-order valence-electron chi connectivity index (χ2n) is 4.39. The summed E-state index contributed by atoms with van der Waals surface area (Å²) in [6, 6.07) is 3.69. The largest absolute Gasteiger partial charge is 0.508 e. The van der Waals surface area contributed by atoms with E-state index in [-0.39, 0.29) is 16.4 Å². The fraction of sp³-hybridized carbons (Fsp3) is 0.400. The normalized spacial score (nSPS) is 12.5. The summed E-state index contributed by atoms with van der Waals surface area (Å²) in [7, 11) is -3.86. The quantitative estimate of drug-likeness (QED) is 0.819. The van der Waals surface area contributed by atoms with Crippen LogP contribution >= 0.6 is 0 Å². The second-order valence-corrected chi connectivity index (χ2v) is 5.92. The Kier molecular flexibility index (Phi) is 3.16.